The SMILES string of the molecule is CCOCCOCCOc1ccc2ccc(N)cc2n1. The van der Waals surface area contributed by atoms with Crippen molar-refractivity contribution in [3.63, 3.8) is 0 Å². The number of pyridine rings is 1. The molecule has 5 nitrogen and oxygen atoms in total. The van der Waals surface area contributed by atoms with Crippen molar-refractivity contribution in [1.82, 2.24) is 4.98 Å². The summed E-state index contributed by atoms with van der Waals surface area (Å²) in [5, 5.41) is 1.04. The van der Waals surface area contributed by atoms with E-state index in [4.69, 9.17) is 19.9 Å². The van der Waals surface area contributed by atoms with Crippen molar-refractivity contribution in [3.05, 3.63) is 30.3 Å². The second-order valence-corrected chi connectivity index (χ2v) is 4.26. The number of anilines is 1. The van der Waals surface area contributed by atoms with E-state index in [1.54, 1.807) is 0 Å². The Balaban J connectivity index is 1.78. The lowest BCUT2D eigenvalue weighted by atomic mass is 10.2. The van der Waals surface area contributed by atoms with Gasteiger partial charge in [0.05, 0.1) is 25.3 Å². The van der Waals surface area contributed by atoms with Crippen LogP contribution in [0.15, 0.2) is 30.3 Å². The maximum absolute atomic E-state index is 5.74. The van der Waals surface area contributed by atoms with E-state index >= 15 is 0 Å². The number of ether oxygens (including phenoxy) is 3. The van der Waals surface area contributed by atoms with Crippen molar-refractivity contribution in [2.45, 2.75) is 6.92 Å². The van der Waals surface area contributed by atoms with E-state index in [0.29, 0.717) is 44.6 Å². The van der Waals surface area contributed by atoms with E-state index < -0.39 is 0 Å². The Morgan fingerprint density at radius 3 is 2.60 bits per heavy atom. The van der Waals surface area contributed by atoms with Gasteiger partial charge in [-0.05, 0) is 25.1 Å². The second kappa shape index (κ2) is 7.67. The third kappa shape index (κ3) is 4.36. The summed E-state index contributed by atoms with van der Waals surface area (Å²) in [4.78, 5) is 4.40. The van der Waals surface area contributed by atoms with Crippen LogP contribution < -0.4 is 10.5 Å². The zero-order valence-corrected chi connectivity index (χ0v) is 11.7. The molecule has 0 aliphatic rings. The maximum atomic E-state index is 5.74. The van der Waals surface area contributed by atoms with Crippen LogP contribution in [-0.4, -0.2) is 38.0 Å². The van der Waals surface area contributed by atoms with Crippen molar-refractivity contribution < 1.29 is 14.2 Å². The molecule has 0 saturated heterocycles. The summed E-state index contributed by atoms with van der Waals surface area (Å²) in [6.45, 7) is 4.85. The molecule has 0 unspecified atom stereocenters. The fraction of sp³-hybridized carbons (Fsp3) is 0.400. The molecule has 5 heteroatoms. The van der Waals surface area contributed by atoms with Gasteiger partial charge in [-0.25, -0.2) is 4.98 Å². The molecule has 0 fully saturated rings. The summed E-state index contributed by atoms with van der Waals surface area (Å²) in [7, 11) is 0. The van der Waals surface area contributed by atoms with Crippen LogP contribution in [-0.2, 0) is 9.47 Å². The van der Waals surface area contributed by atoms with Crippen LogP contribution in [0.1, 0.15) is 6.92 Å². The number of nitrogens with two attached hydrogens (primary N) is 1. The minimum absolute atomic E-state index is 0.465. The average Bonchev–Trinajstić information content (AvgIpc) is 2.46. The van der Waals surface area contributed by atoms with E-state index in [2.05, 4.69) is 4.98 Å². The molecule has 0 atom stereocenters. The van der Waals surface area contributed by atoms with Gasteiger partial charge < -0.3 is 19.9 Å². The van der Waals surface area contributed by atoms with Crippen LogP contribution in [0, 0.1) is 0 Å². The topological polar surface area (TPSA) is 66.6 Å². The standard InChI is InChI=1S/C15H20N2O3/c1-2-18-7-8-19-9-10-20-15-6-4-12-3-5-13(16)11-14(12)17-15/h3-6,11H,2,7-10,16H2,1H3. The van der Waals surface area contributed by atoms with Crippen LogP contribution >= 0.6 is 0 Å². The number of rotatable bonds is 8. The number of fused-ring (bicyclic) bond motifs is 1. The van der Waals surface area contributed by atoms with E-state index in [1.807, 2.05) is 37.3 Å². The summed E-state index contributed by atoms with van der Waals surface area (Å²) < 4.78 is 16.1. The zero-order valence-electron chi connectivity index (χ0n) is 11.7. The predicted molar refractivity (Wildman–Crippen MR) is 79.0 cm³/mol. The van der Waals surface area contributed by atoms with Crippen molar-refractivity contribution in [1.29, 1.82) is 0 Å². The van der Waals surface area contributed by atoms with Crippen LogP contribution in [0.25, 0.3) is 10.9 Å². The first-order chi connectivity index (χ1) is 9.79. The Labute approximate surface area is 118 Å². The third-order valence-electron chi connectivity index (χ3n) is 2.74. The third-order valence-corrected chi connectivity index (χ3v) is 2.74. The zero-order chi connectivity index (χ0) is 14.2. The highest BCUT2D eigenvalue weighted by Gasteiger charge is 2.00. The lowest BCUT2D eigenvalue weighted by Gasteiger charge is -2.07. The van der Waals surface area contributed by atoms with Gasteiger partial charge in [0.15, 0.2) is 0 Å². The summed E-state index contributed by atoms with van der Waals surface area (Å²) >= 11 is 0. The molecule has 20 heavy (non-hydrogen) atoms. The van der Waals surface area contributed by atoms with E-state index in [0.717, 1.165) is 10.9 Å². The molecule has 2 rings (SSSR count). The first kappa shape index (κ1) is 14.6. The molecule has 0 aliphatic heterocycles. The molecule has 0 bridgehead atoms. The first-order valence-corrected chi connectivity index (χ1v) is 6.74. The molecule has 1 aromatic carbocycles. The van der Waals surface area contributed by atoms with Gasteiger partial charge in [-0.3, -0.25) is 0 Å². The highest BCUT2D eigenvalue weighted by molar-refractivity contribution is 5.82. The molecule has 2 N–H and O–H groups in total. The van der Waals surface area contributed by atoms with Gasteiger partial charge in [0.1, 0.15) is 6.61 Å². The molecule has 0 spiro atoms. The molecule has 1 heterocycles. The minimum atomic E-state index is 0.465. The van der Waals surface area contributed by atoms with Gasteiger partial charge in [-0.15, -0.1) is 0 Å². The number of benzene rings is 1. The molecule has 0 amide bonds. The minimum Gasteiger partial charge on any atom is -0.475 e. The van der Waals surface area contributed by atoms with E-state index in [1.165, 1.54) is 0 Å². The molecule has 0 radical (unpaired) electrons. The fourth-order valence-electron chi connectivity index (χ4n) is 1.77. The Bertz CT molecular complexity index is 546. The van der Waals surface area contributed by atoms with Gasteiger partial charge in [-0.2, -0.15) is 0 Å². The monoisotopic (exact) mass is 276 g/mol. The second-order valence-electron chi connectivity index (χ2n) is 4.26. The van der Waals surface area contributed by atoms with Crippen LogP contribution in [0.5, 0.6) is 5.88 Å². The van der Waals surface area contributed by atoms with Crippen molar-refractivity contribution in [2.24, 2.45) is 0 Å². The number of nitrogen functional groups attached to an aromatic ring is 1. The van der Waals surface area contributed by atoms with Gasteiger partial charge in [0.25, 0.3) is 0 Å². The number of hydrogen-bond donors (Lipinski definition) is 1. The van der Waals surface area contributed by atoms with Crippen LogP contribution in [0.4, 0.5) is 5.69 Å². The Morgan fingerprint density at radius 2 is 1.75 bits per heavy atom. The summed E-state index contributed by atoms with van der Waals surface area (Å²) in [6, 6.07) is 9.45. The number of hydrogen-bond acceptors (Lipinski definition) is 5. The molecule has 108 valence electrons. The summed E-state index contributed by atoms with van der Waals surface area (Å²) in [5.41, 5.74) is 7.27. The van der Waals surface area contributed by atoms with Crippen molar-refractivity contribution in [3.8, 4) is 5.88 Å². The molecule has 0 aliphatic carbocycles. The number of aromatic nitrogens is 1. The van der Waals surface area contributed by atoms with Gasteiger partial charge in [-0.1, -0.05) is 6.07 Å². The smallest absolute Gasteiger partial charge is 0.213 e. The molecule has 2 aromatic rings. The normalized spacial score (nSPS) is 10.8. The molecular weight excluding hydrogens is 256 g/mol. The van der Waals surface area contributed by atoms with Gasteiger partial charge in [0.2, 0.25) is 5.88 Å². The highest BCUT2D eigenvalue weighted by Crippen LogP contribution is 2.18. The van der Waals surface area contributed by atoms with Gasteiger partial charge in [0, 0.05) is 23.7 Å². The summed E-state index contributed by atoms with van der Waals surface area (Å²) in [6.07, 6.45) is 0. The van der Waals surface area contributed by atoms with Crippen molar-refractivity contribution in [2.75, 3.05) is 38.8 Å². The Kier molecular flexibility index (Phi) is 5.58. The Hall–Kier alpha value is -1.85. The predicted octanol–water partition coefficient (Wildman–Crippen LogP) is 2.25. The summed E-state index contributed by atoms with van der Waals surface area (Å²) in [5.74, 6) is 0.580. The van der Waals surface area contributed by atoms with Crippen LogP contribution in [0.3, 0.4) is 0 Å². The average molecular weight is 276 g/mol. The van der Waals surface area contributed by atoms with Crippen molar-refractivity contribution >= 4 is 16.6 Å². The fourth-order valence-corrected chi connectivity index (χ4v) is 1.77. The van der Waals surface area contributed by atoms with E-state index in [-0.39, 0.29) is 0 Å². The molecule has 1 aromatic heterocycles. The lowest BCUT2D eigenvalue weighted by molar-refractivity contribution is 0.0399. The van der Waals surface area contributed by atoms with E-state index in [9.17, 15) is 0 Å². The van der Waals surface area contributed by atoms with Gasteiger partial charge >= 0.3 is 0 Å². The highest BCUT2D eigenvalue weighted by atomic mass is 16.5. The van der Waals surface area contributed by atoms with Crippen LogP contribution in [0.2, 0.25) is 0 Å². The Morgan fingerprint density at radius 1 is 1.00 bits per heavy atom. The molecule has 0 saturated carbocycles. The molecular formula is C15H20N2O3. The number of nitrogens with zero attached hydrogens (tertiary/aromatic N) is 1. The first-order valence-electron chi connectivity index (χ1n) is 6.74. The lowest BCUT2D eigenvalue weighted by Crippen LogP contribution is -2.11. The maximum Gasteiger partial charge on any atom is 0.213 e. The largest absolute Gasteiger partial charge is 0.475 e. The quantitative estimate of drug-likeness (QED) is 0.591.